The van der Waals surface area contributed by atoms with Gasteiger partial charge in [-0.2, -0.15) is 0 Å². The topological polar surface area (TPSA) is 20.2 Å². The molecule has 1 atom stereocenters. The summed E-state index contributed by atoms with van der Waals surface area (Å²) in [5, 5.41) is 8.00. The lowest BCUT2D eigenvalue weighted by Crippen LogP contribution is -2.26. The molecule has 1 unspecified atom stereocenters. The van der Waals surface area contributed by atoms with E-state index in [1.165, 1.54) is 0 Å². The number of hydrogen-bond donors (Lipinski definition) is 1. The third-order valence-electron chi connectivity index (χ3n) is 0.841. The molecule has 0 rings (SSSR count). The number of halogens is 3. The zero-order valence-corrected chi connectivity index (χ0v) is 4.78. The Morgan fingerprint density at radius 1 is 1.56 bits per heavy atom. The number of aliphatic hydroxyl groups excluding tert-OH is 1. The summed E-state index contributed by atoms with van der Waals surface area (Å²) < 4.78 is 35.3. The molecule has 1 N–H and O–H groups in total. The number of aliphatic hydroxyl groups is 1. The third kappa shape index (κ3) is 3.35. The summed E-state index contributed by atoms with van der Waals surface area (Å²) >= 11 is 0. The Balaban J connectivity index is 3.59. The maximum atomic E-state index is 11.9. The lowest BCUT2D eigenvalue weighted by Gasteiger charge is -2.20. The highest BCUT2D eigenvalue weighted by Gasteiger charge is 2.25. The van der Waals surface area contributed by atoms with Gasteiger partial charge in [-0.05, 0) is 0 Å². The highest BCUT2D eigenvalue weighted by molar-refractivity contribution is 4.78. The van der Waals surface area contributed by atoms with Crippen molar-refractivity contribution >= 4 is 0 Å². The molecule has 0 saturated heterocycles. The first-order valence-corrected chi connectivity index (χ1v) is 2.46. The van der Waals surface area contributed by atoms with Gasteiger partial charge in [-0.15, -0.1) is 0 Å². The van der Waals surface area contributed by atoms with E-state index in [1.807, 2.05) is 0 Å². The molecule has 1 nitrogen and oxygen atoms in total. The van der Waals surface area contributed by atoms with Gasteiger partial charge >= 0.3 is 0 Å². The van der Waals surface area contributed by atoms with E-state index in [1.54, 1.807) is 0 Å². The maximum absolute atomic E-state index is 11.9. The van der Waals surface area contributed by atoms with Crippen LogP contribution in [0.5, 0.6) is 0 Å². The van der Waals surface area contributed by atoms with E-state index in [4.69, 9.17) is 5.11 Å². The summed E-state index contributed by atoms with van der Waals surface area (Å²) in [4.78, 5) is 0. The lowest BCUT2D eigenvalue weighted by molar-refractivity contribution is -0.0387. The second-order valence-corrected chi connectivity index (χ2v) is 1.74. The second-order valence-electron chi connectivity index (χ2n) is 1.74. The number of rotatable bonds is 3. The predicted octanol–water partition coefficient (Wildman–Crippen LogP) is 1.18. The first-order valence-electron chi connectivity index (χ1n) is 2.46. The van der Waals surface area contributed by atoms with Crippen LogP contribution in [0.2, 0.25) is 0 Å². The molecule has 56 valence electrons. The Morgan fingerprint density at radius 2 is 2.00 bits per heavy atom. The van der Waals surface area contributed by atoms with Gasteiger partial charge in [0.05, 0.1) is 0 Å². The normalized spacial score (nSPS) is 15.7. The highest BCUT2D eigenvalue weighted by Crippen LogP contribution is 2.21. The van der Waals surface area contributed by atoms with Gasteiger partial charge in [-0.1, -0.05) is 0 Å². The van der Waals surface area contributed by atoms with Crippen LogP contribution in [-0.4, -0.2) is 23.8 Å². The molecule has 0 aromatic carbocycles. The summed E-state index contributed by atoms with van der Waals surface area (Å²) in [5.41, 5.74) is 0. The average Bonchev–Trinajstić information content (AvgIpc) is 1.64. The van der Waals surface area contributed by atoms with Crippen LogP contribution in [0.1, 0.15) is 6.42 Å². The van der Waals surface area contributed by atoms with E-state index < -0.39 is 25.1 Å². The zero-order chi connectivity index (χ0) is 7.49. The minimum absolute atomic E-state index is 0.559. The fraction of sp³-hybridized carbons (Fsp3) is 0.800. The third-order valence-corrected chi connectivity index (χ3v) is 0.841. The Bertz CT molecular complexity index is 78.8. The molecule has 0 saturated carbocycles. The average molecular weight is 141 g/mol. The molecule has 0 heterocycles. The molecule has 4 heteroatoms. The van der Waals surface area contributed by atoms with Crippen LogP contribution >= 0.6 is 0 Å². The van der Waals surface area contributed by atoms with Crippen molar-refractivity contribution in [1.82, 2.24) is 0 Å². The second kappa shape index (κ2) is 3.06. The van der Waals surface area contributed by atoms with Gasteiger partial charge in [-0.25, -0.2) is 13.2 Å². The molecule has 0 aromatic heterocycles. The molecule has 0 radical (unpaired) electrons. The molecule has 0 aliphatic rings. The first kappa shape index (κ1) is 8.75. The monoisotopic (exact) mass is 141 g/mol. The molecule has 0 bridgehead atoms. The Kier molecular flexibility index (Phi) is 2.97. The van der Waals surface area contributed by atoms with Gasteiger partial charge in [-0.3, -0.25) is 6.92 Å². The summed E-state index contributed by atoms with van der Waals surface area (Å²) in [6.07, 6.45) is -2.89. The highest BCUT2D eigenvalue weighted by atomic mass is 19.3. The van der Waals surface area contributed by atoms with Crippen molar-refractivity contribution in [1.29, 1.82) is 0 Å². The van der Waals surface area contributed by atoms with Crippen molar-refractivity contribution in [3.63, 3.8) is 0 Å². The maximum Gasteiger partial charge on any atom is 0.160 e. The fourth-order valence-electron chi connectivity index (χ4n) is 0.325. The van der Waals surface area contributed by atoms with E-state index in [0.717, 1.165) is 0 Å². The van der Waals surface area contributed by atoms with Crippen LogP contribution in [0.15, 0.2) is 0 Å². The van der Waals surface area contributed by atoms with Crippen molar-refractivity contribution in [2.75, 3.05) is 6.61 Å². The zero-order valence-electron chi connectivity index (χ0n) is 4.78. The molecule has 0 aliphatic heterocycles. The Hall–Kier alpha value is -0.250. The van der Waals surface area contributed by atoms with Gasteiger partial charge < -0.3 is 5.11 Å². The summed E-state index contributed by atoms with van der Waals surface area (Å²) in [5.74, 6) is -3.57. The molecule has 0 aromatic rings. The van der Waals surface area contributed by atoms with Crippen LogP contribution < -0.4 is 0 Å². The van der Waals surface area contributed by atoms with Gasteiger partial charge in [0.25, 0.3) is 0 Å². The van der Waals surface area contributed by atoms with Crippen molar-refractivity contribution in [3.05, 3.63) is 6.92 Å². The summed E-state index contributed by atoms with van der Waals surface area (Å²) in [6, 6.07) is 0. The minimum atomic E-state index is -3.57. The van der Waals surface area contributed by atoms with E-state index in [9.17, 15) is 13.2 Å². The Morgan fingerprint density at radius 3 is 2.11 bits per heavy atom. The molecule has 0 aliphatic carbocycles. The molecule has 9 heavy (non-hydrogen) atoms. The predicted molar refractivity (Wildman–Crippen MR) is 26.9 cm³/mol. The Labute approximate surface area is 51.5 Å². The van der Waals surface area contributed by atoms with Gasteiger partial charge in [0.15, 0.2) is 5.92 Å². The van der Waals surface area contributed by atoms with E-state index in [-0.39, 0.29) is 0 Å². The molecule has 0 amide bonds. The van der Waals surface area contributed by atoms with Crippen molar-refractivity contribution in [3.8, 4) is 0 Å². The molecule has 0 fully saturated rings. The van der Waals surface area contributed by atoms with Crippen molar-refractivity contribution in [2.45, 2.75) is 18.5 Å². The van der Waals surface area contributed by atoms with E-state index in [0.29, 0.717) is 0 Å². The van der Waals surface area contributed by atoms with Crippen LogP contribution in [0.4, 0.5) is 13.2 Å². The summed E-state index contributed by atoms with van der Waals surface area (Å²) in [7, 11) is 0. The molecule has 0 spiro atoms. The standard InChI is InChI=1S/C5H8F3O/c1-5(7,8)4(6)2-3-9/h4,9H,1-3H2/q-1. The molecular formula is C5H8F3O-. The van der Waals surface area contributed by atoms with Gasteiger partial charge in [0.2, 0.25) is 0 Å². The molecular weight excluding hydrogens is 133 g/mol. The minimum Gasteiger partial charge on any atom is -0.396 e. The van der Waals surface area contributed by atoms with E-state index in [2.05, 4.69) is 6.92 Å². The van der Waals surface area contributed by atoms with Crippen LogP contribution in [0, 0.1) is 6.92 Å². The summed E-state index contributed by atoms with van der Waals surface area (Å²) in [6.45, 7) is 1.69. The lowest BCUT2D eigenvalue weighted by atomic mass is 10.2. The number of alkyl halides is 3. The SMILES string of the molecule is [CH2-]C(F)(F)C(F)CCO. The van der Waals surface area contributed by atoms with Crippen LogP contribution in [0.3, 0.4) is 0 Å². The number of hydrogen-bond acceptors (Lipinski definition) is 1. The van der Waals surface area contributed by atoms with Crippen LogP contribution in [0.25, 0.3) is 0 Å². The van der Waals surface area contributed by atoms with Crippen molar-refractivity contribution < 1.29 is 18.3 Å². The van der Waals surface area contributed by atoms with Gasteiger partial charge in [0.1, 0.15) is 6.17 Å². The smallest absolute Gasteiger partial charge is 0.160 e. The first-order chi connectivity index (χ1) is 3.98. The largest absolute Gasteiger partial charge is 0.396 e. The quantitative estimate of drug-likeness (QED) is 0.585. The van der Waals surface area contributed by atoms with E-state index >= 15 is 0 Å². The fourth-order valence-corrected chi connectivity index (χ4v) is 0.325. The van der Waals surface area contributed by atoms with Crippen LogP contribution in [-0.2, 0) is 0 Å². The van der Waals surface area contributed by atoms with Gasteiger partial charge in [0, 0.05) is 13.0 Å². The van der Waals surface area contributed by atoms with Crippen molar-refractivity contribution in [2.24, 2.45) is 0 Å².